The first-order valence-corrected chi connectivity index (χ1v) is 8.61. The number of hydrogen-bond donors (Lipinski definition) is 0. The van der Waals surface area contributed by atoms with Crippen LogP contribution in [0.25, 0.3) is 0 Å². The Hall–Kier alpha value is 0. The second-order valence-corrected chi connectivity index (χ2v) is 8.21. The molecule has 0 aromatic heterocycles. The van der Waals surface area contributed by atoms with Crippen LogP contribution in [0.2, 0.25) is 0 Å². The van der Waals surface area contributed by atoms with Crippen LogP contribution in [0.4, 0.5) is 0 Å². The van der Waals surface area contributed by atoms with Crippen LogP contribution in [0.1, 0.15) is 78.6 Å². The van der Waals surface area contributed by atoms with Crippen LogP contribution < -0.4 is 0 Å². The SMILES string of the molecule is CC(C)C1CCC2C(CCC3CCCCC32C)C1. The van der Waals surface area contributed by atoms with E-state index in [-0.39, 0.29) is 0 Å². The summed E-state index contributed by atoms with van der Waals surface area (Å²) in [5.41, 5.74) is 0.739. The summed E-state index contributed by atoms with van der Waals surface area (Å²) in [5, 5.41) is 0. The molecule has 0 aromatic carbocycles. The van der Waals surface area contributed by atoms with Crippen molar-refractivity contribution in [3.63, 3.8) is 0 Å². The predicted molar refractivity (Wildman–Crippen MR) is 78.5 cm³/mol. The van der Waals surface area contributed by atoms with Crippen molar-refractivity contribution in [1.82, 2.24) is 0 Å². The third-order valence-electron chi connectivity index (χ3n) is 7.15. The van der Waals surface area contributed by atoms with Crippen molar-refractivity contribution in [1.29, 1.82) is 0 Å². The molecular formula is C18H32. The van der Waals surface area contributed by atoms with Gasteiger partial charge in [-0.2, -0.15) is 0 Å². The first-order valence-electron chi connectivity index (χ1n) is 8.61. The molecule has 0 heteroatoms. The molecule has 3 fully saturated rings. The van der Waals surface area contributed by atoms with Crippen molar-refractivity contribution >= 4 is 0 Å². The molecular weight excluding hydrogens is 216 g/mol. The molecule has 0 saturated heterocycles. The maximum absolute atomic E-state index is 2.67. The third-order valence-corrected chi connectivity index (χ3v) is 7.15. The van der Waals surface area contributed by atoms with Gasteiger partial charge in [-0.3, -0.25) is 0 Å². The summed E-state index contributed by atoms with van der Waals surface area (Å²) in [7, 11) is 0. The zero-order chi connectivity index (χ0) is 12.8. The van der Waals surface area contributed by atoms with Crippen molar-refractivity contribution in [2.24, 2.45) is 35.0 Å². The smallest absolute Gasteiger partial charge is 0.0267 e. The molecule has 0 aliphatic heterocycles. The Morgan fingerprint density at radius 3 is 2.56 bits per heavy atom. The van der Waals surface area contributed by atoms with Crippen molar-refractivity contribution in [2.75, 3.05) is 0 Å². The van der Waals surface area contributed by atoms with Crippen molar-refractivity contribution < 1.29 is 0 Å². The molecule has 3 rings (SSSR count). The molecule has 0 radical (unpaired) electrons. The van der Waals surface area contributed by atoms with E-state index >= 15 is 0 Å². The summed E-state index contributed by atoms with van der Waals surface area (Å²) >= 11 is 0. The standard InChI is InChI=1S/C18H32/c1-13(2)14-8-10-17-15(12-14)7-9-16-6-4-5-11-18(16,17)3/h13-17H,4-12H2,1-3H3. The summed E-state index contributed by atoms with van der Waals surface area (Å²) in [4.78, 5) is 0. The van der Waals surface area contributed by atoms with Gasteiger partial charge in [0.05, 0.1) is 0 Å². The molecule has 0 nitrogen and oxygen atoms in total. The molecule has 18 heavy (non-hydrogen) atoms. The number of rotatable bonds is 1. The minimum absolute atomic E-state index is 0.739. The average molecular weight is 248 g/mol. The minimum Gasteiger partial charge on any atom is -0.0625 e. The third kappa shape index (κ3) is 2.04. The molecule has 5 atom stereocenters. The van der Waals surface area contributed by atoms with Crippen LogP contribution in [0.15, 0.2) is 0 Å². The van der Waals surface area contributed by atoms with Gasteiger partial charge in [-0.25, -0.2) is 0 Å². The molecule has 0 amide bonds. The highest BCUT2D eigenvalue weighted by Gasteiger charge is 2.50. The van der Waals surface area contributed by atoms with Gasteiger partial charge in [-0.15, -0.1) is 0 Å². The van der Waals surface area contributed by atoms with Crippen molar-refractivity contribution in [2.45, 2.75) is 78.6 Å². The van der Waals surface area contributed by atoms with Gasteiger partial charge >= 0.3 is 0 Å². The van der Waals surface area contributed by atoms with Gasteiger partial charge in [-0.1, -0.05) is 33.6 Å². The van der Waals surface area contributed by atoms with E-state index in [1.54, 1.807) is 38.5 Å². The molecule has 0 heterocycles. The zero-order valence-corrected chi connectivity index (χ0v) is 12.8. The second kappa shape index (κ2) is 4.84. The molecule has 0 aromatic rings. The van der Waals surface area contributed by atoms with Crippen LogP contribution >= 0.6 is 0 Å². The van der Waals surface area contributed by atoms with Crippen molar-refractivity contribution in [3.05, 3.63) is 0 Å². The molecule has 0 spiro atoms. The maximum atomic E-state index is 2.67. The summed E-state index contributed by atoms with van der Waals surface area (Å²) < 4.78 is 0. The lowest BCUT2D eigenvalue weighted by Crippen LogP contribution is -2.47. The van der Waals surface area contributed by atoms with Gasteiger partial charge in [0, 0.05) is 0 Å². The highest BCUT2D eigenvalue weighted by molar-refractivity contribution is 5.00. The highest BCUT2D eigenvalue weighted by Crippen LogP contribution is 2.59. The Kier molecular flexibility index (Phi) is 3.49. The quantitative estimate of drug-likeness (QED) is 0.561. The van der Waals surface area contributed by atoms with E-state index < -0.39 is 0 Å². The van der Waals surface area contributed by atoms with E-state index in [4.69, 9.17) is 0 Å². The van der Waals surface area contributed by atoms with Crippen LogP contribution in [-0.4, -0.2) is 0 Å². The Morgan fingerprint density at radius 1 is 0.944 bits per heavy atom. The Labute approximate surface area is 114 Å². The molecule has 0 N–H and O–H groups in total. The molecule has 104 valence electrons. The van der Waals surface area contributed by atoms with E-state index in [1.165, 1.54) is 19.3 Å². The lowest BCUT2D eigenvalue weighted by molar-refractivity contribution is -0.0671. The molecule has 0 bridgehead atoms. The summed E-state index contributed by atoms with van der Waals surface area (Å²) in [6.07, 6.45) is 13.9. The number of fused-ring (bicyclic) bond motifs is 3. The van der Waals surface area contributed by atoms with Gasteiger partial charge in [0.15, 0.2) is 0 Å². The topological polar surface area (TPSA) is 0 Å². The lowest BCUT2D eigenvalue weighted by Gasteiger charge is -2.57. The largest absolute Gasteiger partial charge is 0.0625 e. The molecule has 3 saturated carbocycles. The number of hydrogen-bond acceptors (Lipinski definition) is 0. The van der Waals surface area contributed by atoms with E-state index in [0.29, 0.717) is 0 Å². The van der Waals surface area contributed by atoms with Gasteiger partial charge in [-0.05, 0) is 80.0 Å². The van der Waals surface area contributed by atoms with Crippen LogP contribution in [0, 0.1) is 35.0 Å². The van der Waals surface area contributed by atoms with Gasteiger partial charge < -0.3 is 0 Å². The first-order chi connectivity index (χ1) is 8.61. The monoisotopic (exact) mass is 248 g/mol. The van der Waals surface area contributed by atoms with Gasteiger partial charge in [0.1, 0.15) is 0 Å². The summed E-state index contributed by atoms with van der Waals surface area (Å²) in [6, 6.07) is 0. The fourth-order valence-electron chi connectivity index (χ4n) is 5.90. The van der Waals surface area contributed by atoms with Crippen LogP contribution in [0.3, 0.4) is 0 Å². The van der Waals surface area contributed by atoms with Crippen molar-refractivity contribution in [3.8, 4) is 0 Å². The molecule has 3 aliphatic rings. The fourth-order valence-corrected chi connectivity index (χ4v) is 5.90. The van der Waals surface area contributed by atoms with E-state index in [0.717, 1.165) is 35.0 Å². The first kappa shape index (κ1) is 13.0. The predicted octanol–water partition coefficient (Wildman–Crippen LogP) is 5.67. The lowest BCUT2D eigenvalue weighted by atomic mass is 9.49. The summed E-state index contributed by atoms with van der Waals surface area (Å²) in [6.45, 7) is 7.56. The van der Waals surface area contributed by atoms with Crippen LogP contribution in [0.5, 0.6) is 0 Å². The summed E-state index contributed by atoms with van der Waals surface area (Å²) in [5.74, 6) is 5.22. The van der Waals surface area contributed by atoms with E-state index in [9.17, 15) is 0 Å². The van der Waals surface area contributed by atoms with E-state index in [1.807, 2.05) is 0 Å². The molecule has 5 unspecified atom stereocenters. The zero-order valence-electron chi connectivity index (χ0n) is 12.8. The Bertz CT molecular complexity index is 292. The highest BCUT2D eigenvalue weighted by atomic mass is 14.5. The maximum Gasteiger partial charge on any atom is -0.0267 e. The van der Waals surface area contributed by atoms with Crippen LogP contribution in [-0.2, 0) is 0 Å². The van der Waals surface area contributed by atoms with Gasteiger partial charge in [0.2, 0.25) is 0 Å². The second-order valence-electron chi connectivity index (χ2n) is 8.21. The molecule has 3 aliphatic carbocycles. The minimum atomic E-state index is 0.739. The van der Waals surface area contributed by atoms with E-state index in [2.05, 4.69) is 20.8 Å². The average Bonchev–Trinajstić information content (AvgIpc) is 2.37. The fraction of sp³-hybridized carbons (Fsp3) is 1.00. The normalized spacial score (nSPS) is 48.7. The van der Waals surface area contributed by atoms with Gasteiger partial charge in [0.25, 0.3) is 0 Å². The Balaban J connectivity index is 1.75. The Morgan fingerprint density at radius 2 is 1.78 bits per heavy atom.